The smallest absolute Gasteiger partial charge is 0.265 e. The van der Waals surface area contributed by atoms with Gasteiger partial charge in [0.2, 0.25) is 0 Å². The molecule has 0 N–H and O–H groups in total. The van der Waals surface area contributed by atoms with E-state index in [0.29, 0.717) is 31.1 Å². The second-order valence-electron chi connectivity index (χ2n) is 7.03. The van der Waals surface area contributed by atoms with E-state index in [2.05, 4.69) is 4.98 Å². The van der Waals surface area contributed by atoms with Crippen molar-refractivity contribution in [3.05, 3.63) is 51.5 Å². The zero-order chi connectivity index (χ0) is 18.5. The molecule has 136 valence electrons. The number of amides is 2. The molecule has 2 aliphatic heterocycles. The molecule has 0 unspecified atom stereocenters. The average Bonchev–Trinajstić information content (AvgIpc) is 3.21. The molecule has 1 spiro atoms. The number of nitrogens with zero attached hydrogens (tertiary/aromatic N) is 3. The summed E-state index contributed by atoms with van der Waals surface area (Å²) in [5, 5.41) is 0. The highest BCUT2D eigenvalue weighted by molar-refractivity contribution is 7.11. The summed E-state index contributed by atoms with van der Waals surface area (Å²) < 4.78 is 26.4. The largest absolute Gasteiger partial charge is 0.338 e. The molecule has 2 amide bonds. The fourth-order valence-corrected chi connectivity index (χ4v) is 4.51. The molecule has 0 atom stereocenters. The van der Waals surface area contributed by atoms with Gasteiger partial charge in [0.15, 0.2) is 11.6 Å². The number of benzene rings is 1. The molecule has 5 nitrogen and oxygen atoms in total. The van der Waals surface area contributed by atoms with Gasteiger partial charge in [0.25, 0.3) is 11.8 Å². The Balaban J connectivity index is 1.40. The monoisotopic (exact) mass is 377 g/mol. The molecule has 2 aliphatic rings. The SMILES string of the molecule is Cc1ncsc1C(=O)N1CC2(CCN(C(=O)c3ccc(F)c(F)c3)C2)C1. The minimum absolute atomic E-state index is 0.0130. The van der Waals surface area contributed by atoms with Gasteiger partial charge in [0, 0.05) is 37.2 Å². The van der Waals surface area contributed by atoms with Gasteiger partial charge in [-0.3, -0.25) is 9.59 Å². The first-order valence-corrected chi connectivity index (χ1v) is 9.20. The van der Waals surface area contributed by atoms with E-state index >= 15 is 0 Å². The number of hydrogen-bond donors (Lipinski definition) is 0. The van der Waals surface area contributed by atoms with Crippen molar-refractivity contribution in [2.75, 3.05) is 26.2 Å². The molecule has 2 aromatic rings. The molecular formula is C18H17F2N3O2S. The Morgan fingerprint density at radius 1 is 1.12 bits per heavy atom. The Bertz CT molecular complexity index is 892. The topological polar surface area (TPSA) is 53.5 Å². The summed E-state index contributed by atoms with van der Waals surface area (Å²) in [6.07, 6.45) is 0.799. The van der Waals surface area contributed by atoms with Crippen LogP contribution in [0.4, 0.5) is 8.78 Å². The zero-order valence-electron chi connectivity index (χ0n) is 14.2. The van der Waals surface area contributed by atoms with E-state index in [4.69, 9.17) is 0 Å². The van der Waals surface area contributed by atoms with Crippen LogP contribution in [0.25, 0.3) is 0 Å². The van der Waals surface area contributed by atoms with Gasteiger partial charge >= 0.3 is 0 Å². The Morgan fingerprint density at radius 3 is 2.50 bits per heavy atom. The van der Waals surface area contributed by atoms with Crippen LogP contribution < -0.4 is 0 Å². The predicted octanol–water partition coefficient (Wildman–Crippen LogP) is 2.72. The van der Waals surface area contributed by atoms with Crippen molar-refractivity contribution >= 4 is 23.2 Å². The van der Waals surface area contributed by atoms with Crippen LogP contribution in [0.1, 0.15) is 32.1 Å². The fraction of sp³-hybridized carbons (Fsp3) is 0.389. The van der Waals surface area contributed by atoms with Crippen molar-refractivity contribution in [1.82, 2.24) is 14.8 Å². The maximum absolute atomic E-state index is 13.4. The van der Waals surface area contributed by atoms with E-state index in [1.165, 1.54) is 17.4 Å². The molecule has 2 fully saturated rings. The number of thiazole rings is 1. The Hall–Kier alpha value is -2.35. The van der Waals surface area contributed by atoms with E-state index in [1.807, 2.05) is 6.92 Å². The van der Waals surface area contributed by atoms with E-state index < -0.39 is 11.6 Å². The molecule has 0 bridgehead atoms. The highest BCUT2D eigenvalue weighted by Crippen LogP contribution is 2.41. The maximum atomic E-state index is 13.4. The maximum Gasteiger partial charge on any atom is 0.265 e. The third-order valence-electron chi connectivity index (χ3n) is 5.17. The lowest BCUT2D eigenvalue weighted by Gasteiger charge is -2.47. The third kappa shape index (κ3) is 2.78. The molecular weight excluding hydrogens is 360 g/mol. The Morgan fingerprint density at radius 2 is 1.85 bits per heavy atom. The zero-order valence-corrected chi connectivity index (χ0v) is 15.0. The van der Waals surface area contributed by atoms with Gasteiger partial charge in [-0.25, -0.2) is 13.8 Å². The summed E-state index contributed by atoms with van der Waals surface area (Å²) in [6.45, 7) is 4.10. The van der Waals surface area contributed by atoms with Crippen molar-refractivity contribution in [3.8, 4) is 0 Å². The number of likely N-dealkylation sites (tertiary alicyclic amines) is 2. The van der Waals surface area contributed by atoms with E-state index in [9.17, 15) is 18.4 Å². The lowest BCUT2D eigenvalue weighted by Crippen LogP contribution is -2.59. The first-order chi connectivity index (χ1) is 12.4. The number of rotatable bonds is 2. The van der Waals surface area contributed by atoms with Crippen LogP contribution in [0.5, 0.6) is 0 Å². The molecule has 8 heteroatoms. The summed E-state index contributed by atoms with van der Waals surface area (Å²) in [7, 11) is 0. The first kappa shape index (κ1) is 17.1. The minimum Gasteiger partial charge on any atom is -0.338 e. The number of aromatic nitrogens is 1. The second-order valence-corrected chi connectivity index (χ2v) is 7.89. The van der Waals surface area contributed by atoms with Crippen LogP contribution in [-0.2, 0) is 0 Å². The van der Waals surface area contributed by atoms with E-state index in [1.54, 1.807) is 15.3 Å². The van der Waals surface area contributed by atoms with Crippen LogP contribution in [0.15, 0.2) is 23.7 Å². The van der Waals surface area contributed by atoms with Gasteiger partial charge in [0.1, 0.15) is 4.88 Å². The van der Waals surface area contributed by atoms with Gasteiger partial charge < -0.3 is 9.80 Å². The van der Waals surface area contributed by atoms with Gasteiger partial charge in [-0.05, 0) is 31.5 Å². The first-order valence-electron chi connectivity index (χ1n) is 8.32. The number of aryl methyl sites for hydroxylation is 1. The van der Waals surface area contributed by atoms with Crippen molar-refractivity contribution in [3.63, 3.8) is 0 Å². The van der Waals surface area contributed by atoms with Crippen LogP contribution in [0.3, 0.4) is 0 Å². The number of hydrogen-bond acceptors (Lipinski definition) is 4. The lowest BCUT2D eigenvalue weighted by molar-refractivity contribution is 0.0113. The lowest BCUT2D eigenvalue weighted by atomic mass is 9.79. The summed E-state index contributed by atoms with van der Waals surface area (Å²) in [5.74, 6) is -2.30. The van der Waals surface area contributed by atoms with Crippen molar-refractivity contribution in [1.29, 1.82) is 0 Å². The molecule has 4 rings (SSSR count). The molecule has 3 heterocycles. The number of carbonyl (C=O) groups excluding carboxylic acids is 2. The van der Waals surface area contributed by atoms with Crippen LogP contribution >= 0.6 is 11.3 Å². The highest BCUT2D eigenvalue weighted by atomic mass is 32.1. The molecule has 26 heavy (non-hydrogen) atoms. The summed E-state index contributed by atoms with van der Waals surface area (Å²) in [5.41, 5.74) is 2.45. The number of halogens is 2. The van der Waals surface area contributed by atoms with Crippen molar-refractivity contribution < 1.29 is 18.4 Å². The molecule has 2 saturated heterocycles. The standard InChI is InChI=1S/C18H17F2N3O2S/c1-11-15(26-10-21-11)17(25)23-8-18(9-23)4-5-22(7-18)16(24)12-2-3-13(19)14(20)6-12/h2-3,6,10H,4-5,7-9H2,1H3. The van der Waals surface area contributed by atoms with Crippen molar-refractivity contribution in [2.45, 2.75) is 13.3 Å². The summed E-state index contributed by atoms with van der Waals surface area (Å²) >= 11 is 1.34. The summed E-state index contributed by atoms with van der Waals surface area (Å²) in [6, 6.07) is 3.20. The quantitative estimate of drug-likeness (QED) is 0.809. The van der Waals surface area contributed by atoms with Gasteiger partial charge in [-0.1, -0.05) is 0 Å². The molecule has 0 aliphatic carbocycles. The summed E-state index contributed by atoms with van der Waals surface area (Å²) in [4.78, 5) is 33.2. The fourth-order valence-electron chi connectivity index (χ4n) is 3.74. The normalized spacial score (nSPS) is 18.3. The third-order valence-corrected chi connectivity index (χ3v) is 6.09. The molecule has 1 aromatic carbocycles. The molecule has 0 saturated carbocycles. The predicted molar refractivity (Wildman–Crippen MR) is 92.1 cm³/mol. The Kier molecular flexibility index (Phi) is 4.02. The minimum atomic E-state index is -1.02. The van der Waals surface area contributed by atoms with Gasteiger partial charge in [-0.2, -0.15) is 0 Å². The van der Waals surface area contributed by atoms with Gasteiger partial charge in [0.05, 0.1) is 11.2 Å². The van der Waals surface area contributed by atoms with Crippen LogP contribution in [0, 0.1) is 24.0 Å². The highest BCUT2D eigenvalue weighted by Gasteiger charge is 2.50. The molecule has 0 radical (unpaired) electrons. The van der Waals surface area contributed by atoms with E-state index in [-0.39, 0.29) is 22.8 Å². The molecule has 1 aromatic heterocycles. The second kappa shape index (κ2) is 6.12. The van der Waals surface area contributed by atoms with Crippen LogP contribution in [-0.4, -0.2) is 52.8 Å². The average molecular weight is 377 g/mol. The van der Waals surface area contributed by atoms with Crippen molar-refractivity contribution in [2.24, 2.45) is 5.41 Å². The van der Waals surface area contributed by atoms with Crippen LogP contribution in [0.2, 0.25) is 0 Å². The van der Waals surface area contributed by atoms with E-state index in [0.717, 1.165) is 24.2 Å². The van der Waals surface area contributed by atoms with Gasteiger partial charge in [-0.15, -0.1) is 11.3 Å². The number of carbonyl (C=O) groups is 2. The Labute approximate surface area is 153 Å².